The van der Waals surface area contributed by atoms with Crippen LogP contribution in [0.1, 0.15) is 5.56 Å². The Kier molecular flexibility index (Phi) is 6.42. The van der Waals surface area contributed by atoms with E-state index in [-0.39, 0.29) is 12.1 Å². The summed E-state index contributed by atoms with van der Waals surface area (Å²) < 4.78 is 200. The molecule has 0 aromatic heterocycles. The monoisotopic (exact) mass is 596 g/mol. The summed E-state index contributed by atoms with van der Waals surface area (Å²) >= 11 is 0. The molecule has 0 unspecified atom stereocenters. The Labute approximate surface area is 218 Å². The van der Waals surface area contributed by atoms with E-state index in [1.165, 1.54) is 0 Å². The number of rotatable bonds is 2. The maximum absolute atomic E-state index is 15.4. The predicted molar refractivity (Wildman–Crippen MR) is 117 cm³/mol. The van der Waals surface area contributed by atoms with Crippen LogP contribution in [0.5, 0.6) is 0 Å². The molecular formula is C27H6F14. The van der Waals surface area contributed by atoms with E-state index in [2.05, 4.69) is 0 Å². The lowest BCUT2D eigenvalue weighted by molar-refractivity contribution is -0.143. The van der Waals surface area contributed by atoms with Gasteiger partial charge in [0.05, 0.1) is 5.56 Å². The van der Waals surface area contributed by atoms with Crippen LogP contribution in [0.25, 0.3) is 43.8 Å². The van der Waals surface area contributed by atoms with Crippen LogP contribution in [-0.2, 0) is 6.18 Å². The van der Waals surface area contributed by atoms with Crippen molar-refractivity contribution in [2.75, 3.05) is 0 Å². The number of alkyl halides is 3. The number of hydrogen-bond donors (Lipinski definition) is 0. The van der Waals surface area contributed by atoms with Crippen LogP contribution >= 0.6 is 0 Å². The number of hydrogen-bond acceptors (Lipinski definition) is 0. The van der Waals surface area contributed by atoms with Gasteiger partial charge in [-0.15, -0.1) is 0 Å². The van der Waals surface area contributed by atoms with E-state index in [1.54, 1.807) is 0 Å². The fourth-order valence-corrected chi connectivity index (χ4v) is 4.65. The molecule has 5 aromatic rings. The first-order valence-electron chi connectivity index (χ1n) is 10.9. The van der Waals surface area contributed by atoms with E-state index in [1.807, 2.05) is 0 Å². The lowest BCUT2D eigenvalue weighted by Crippen LogP contribution is -2.16. The third-order valence-corrected chi connectivity index (χ3v) is 6.30. The molecule has 0 saturated carbocycles. The third kappa shape index (κ3) is 3.98. The second kappa shape index (κ2) is 9.35. The maximum atomic E-state index is 15.4. The van der Waals surface area contributed by atoms with Gasteiger partial charge in [-0.2, -0.15) is 13.2 Å². The highest BCUT2D eigenvalue weighted by molar-refractivity contribution is 6.21. The van der Waals surface area contributed by atoms with E-state index in [4.69, 9.17) is 0 Å². The molecule has 0 aliphatic heterocycles. The molecule has 0 spiro atoms. The molecule has 212 valence electrons. The Bertz CT molecular complexity index is 1890. The lowest BCUT2D eigenvalue weighted by atomic mass is 9.84. The van der Waals surface area contributed by atoms with Gasteiger partial charge in [-0.25, -0.2) is 48.3 Å². The van der Waals surface area contributed by atoms with Gasteiger partial charge in [0.25, 0.3) is 0 Å². The van der Waals surface area contributed by atoms with E-state index < -0.39 is 120 Å². The van der Waals surface area contributed by atoms with Crippen molar-refractivity contribution < 1.29 is 61.5 Å². The Morgan fingerprint density at radius 3 is 1.27 bits per heavy atom. The van der Waals surface area contributed by atoms with Crippen LogP contribution in [0.3, 0.4) is 0 Å². The molecule has 0 aliphatic carbocycles. The Morgan fingerprint density at radius 1 is 0.415 bits per heavy atom. The summed E-state index contributed by atoms with van der Waals surface area (Å²) in [5.41, 5.74) is -8.30. The van der Waals surface area contributed by atoms with Crippen LogP contribution in [0.4, 0.5) is 61.5 Å². The van der Waals surface area contributed by atoms with Crippen LogP contribution in [0.15, 0.2) is 36.4 Å². The van der Waals surface area contributed by atoms with Gasteiger partial charge in [0.1, 0.15) is 5.56 Å². The number of halogens is 14. The summed E-state index contributed by atoms with van der Waals surface area (Å²) in [7, 11) is 0. The van der Waals surface area contributed by atoms with Crippen LogP contribution in [-0.4, -0.2) is 0 Å². The molecule has 0 fully saturated rings. The van der Waals surface area contributed by atoms with E-state index in [9.17, 15) is 43.9 Å². The minimum Gasteiger partial charge on any atom is -0.204 e. The number of benzene rings is 5. The van der Waals surface area contributed by atoms with E-state index in [0.29, 0.717) is 0 Å². The van der Waals surface area contributed by atoms with Crippen molar-refractivity contribution in [3.63, 3.8) is 0 Å². The average Bonchev–Trinajstić information content (AvgIpc) is 2.91. The molecule has 0 nitrogen and oxygen atoms in total. The summed E-state index contributed by atoms with van der Waals surface area (Å²) in [6, 6.07) is 4.28. The van der Waals surface area contributed by atoms with Gasteiger partial charge in [-0.3, -0.25) is 0 Å². The van der Waals surface area contributed by atoms with Crippen molar-refractivity contribution in [1.82, 2.24) is 0 Å². The first kappa shape index (κ1) is 28.2. The molecule has 0 radical (unpaired) electrons. The molecule has 0 amide bonds. The van der Waals surface area contributed by atoms with Crippen molar-refractivity contribution in [2.45, 2.75) is 6.18 Å². The fraction of sp³-hybridized carbons (Fsp3) is 0.0370. The second-order valence-electron chi connectivity index (χ2n) is 8.56. The minimum atomic E-state index is -5.98. The topological polar surface area (TPSA) is 0 Å². The zero-order chi connectivity index (χ0) is 30.3. The van der Waals surface area contributed by atoms with Gasteiger partial charge >= 0.3 is 6.18 Å². The minimum absolute atomic E-state index is 0.233. The second-order valence-corrected chi connectivity index (χ2v) is 8.56. The third-order valence-electron chi connectivity index (χ3n) is 6.30. The summed E-state index contributed by atoms with van der Waals surface area (Å²) in [5, 5.41) is -4.55. The van der Waals surface area contributed by atoms with E-state index >= 15 is 17.6 Å². The first-order valence-corrected chi connectivity index (χ1v) is 10.9. The number of fused-ring (bicyclic) bond motifs is 2. The van der Waals surface area contributed by atoms with Crippen LogP contribution in [0, 0.1) is 64.0 Å². The van der Waals surface area contributed by atoms with Gasteiger partial charge < -0.3 is 0 Å². The molecule has 0 saturated heterocycles. The Balaban J connectivity index is 2.14. The van der Waals surface area contributed by atoms with Gasteiger partial charge in [0, 0.05) is 21.9 Å². The normalized spacial score (nSPS) is 12.1. The summed E-state index contributed by atoms with van der Waals surface area (Å²) in [6.45, 7) is 0. The first-order chi connectivity index (χ1) is 19.1. The zero-order valence-corrected chi connectivity index (χ0v) is 19.3. The smallest absolute Gasteiger partial charge is 0.204 e. The standard InChI is InChI=1S/C27H6F14/c28-10-5-7(6-11(29)18(10)30)12-8-3-1-2-4-9(8)13(15-14(12)19(31)25(37)26(38)20(15)32)16-21(33)23(35)17(27(39,40)41)24(36)22(16)34/h1-6H. The maximum Gasteiger partial charge on any atom is 0.422 e. The van der Waals surface area contributed by atoms with Crippen molar-refractivity contribution in [3.8, 4) is 22.3 Å². The molecule has 5 rings (SSSR count). The molecule has 0 bridgehead atoms. The van der Waals surface area contributed by atoms with Crippen molar-refractivity contribution >= 4 is 21.5 Å². The van der Waals surface area contributed by atoms with Crippen LogP contribution in [0.2, 0.25) is 0 Å². The zero-order valence-electron chi connectivity index (χ0n) is 19.3. The quantitative estimate of drug-likeness (QED) is 0.0824. The van der Waals surface area contributed by atoms with Gasteiger partial charge in [-0.05, 0) is 28.5 Å². The Hall–Kier alpha value is -4.36. The van der Waals surface area contributed by atoms with Crippen LogP contribution < -0.4 is 0 Å². The fourth-order valence-electron chi connectivity index (χ4n) is 4.65. The largest absolute Gasteiger partial charge is 0.422 e. The molecular weight excluding hydrogens is 590 g/mol. The average molecular weight is 596 g/mol. The highest BCUT2D eigenvalue weighted by Crippen LogP contribution is 2.49. The van der Waals surface area contributed by atoms with Crippen molar-refractivity contribution in [3.05, 3.63) is 106 Å². The lowest BCUT2D eigenvalue weighted by Gasteiger charge is -2.21. The van der Waals surface area contributed by atoms with E-state index in [0.717, 1.165) is 24.3 Å². The molecule has 0 atom stereocenters. The molecule has 0 aliphatic rings. The molecule has 0 heterocycles. The van der Waals surface area contributed by atoms with Gasteiger partial charge in [-0.1, -0.05) is 24.3 Å². The molecule has 14 heteroatoms. The van der Waals surface area contributed by atoms with Crippen molar-refractivity contribution in [2.24, 2.45) is 0 Å². The summed E-state index contributed by atoms with van der Waals surface area (Å²) in [4.78, 5) is 0. The summed E-state index contributed by atoms with van der Waals surface area (Å²) in [6.07, 6.45) is -5.98. The highest BCUT2D eigenvalue weighted by Gasteiger charge is 2.43. The molecule has 5 aromatic carbocycles. The SMILES string of the molecule is Fc1cc(-c2c3ccccc3c(-c3c(F)c(F)c(C(F)(F)F)c(F)c3F)c3c(F)c(F)c(F)c(F)c23)cc(F)c1F. The Morgan fingerprint density at radius 2 is 0.829 bits per heavy atom. The predicted octanol–water partition coefficient (Wildman–Crippen LogP) is 9.88. The molecule has 41 heavy (non-hydrogen) atoms. The highest BCUT2D eigenvalue weighted by atomic mass is 19.4. The summed E-state index contributed by atoms with van der Waals surface area (Å²) in [5.74, 6) is -27.3. The van der Waals surface area contributed by atoms with Gasteiger partial charge in [0.15, 0.2) is 64.0 Å². The van der Waals surface area contributed by atoms with Crippen molar-refractivity contribution in [1.29, 1.82) is 0 Å². The molecule has 0 N–H and O–H groups in total. The van der Waals surface area contributed by atoms with Gasteiger partial charge in [0.2, 0.25) is 0 Å².